The Labute approximate surface area is 110 Å². The van der Waals surface area contributed by atoms with Crippen LogP contribution in [0.2, 0.25) is 0 Å². The van der Waals surface area contributed by atoms with Gasteiger partial charge in [-0.1, -0.05) is 0 Å². The summed E-state index contributed by atoms with van der Waals surface area (Å²) in [5.74, 6) is 0.429. The van der Waals surface area contributed by atoms with Crippen molar-refractivity contribution >= 4 is 16.9 Å². The molecule has 0 spiro atoms. The molecule has 0 saturated heterocycles. The van der Waals surface area contributed by atoms with E-state index in [2.05, 4.69) is 20.5 Å². The van der Waals surface area contributed by atoms with Crippen LogP contribution in [0.3, 0.4) is 0 Å². The highest BCUT2D eigenvalue weighted by atomic mass is 16.1. The van der Waals surface area contributed by atoms with Crippen LogP contribution in [0, 0.1) is 12.8 Å². The van der Waals surface area contributed by atoms with Crippen LogP contribution < -0.4 is 11.1 Å². The lowest BCUT2D eigenvalue weighted by Gasteiger charge is -2.15. The molecule has 1 saturated carbocycles. The number of carbonyl (C=O) groups excluding carboxylic acids is 1. The first-order valence-electron chi connectivity index (χ1n) is 6.50. The molecule has 4 N–H and O–H groups in total. The Morgan fingerprint density at radius 3 is 3.11 bits per heavy atom. The molecule has 0 aromatic carbocycles. The Balaban J connectivity index is 1.82. The Morgan fingerprint density at radius 2 is 2.42 bits per heavy atom. The number of nitrogens with one attached hydrogen (secondary N) is 2. The second kappa shape index (κ2) is 4.62. The van der Waals surface area contributed by atoms with Gasteiger partial charge in [-0.05, 0) is 31.7 Å². The van der Waals surface area contributed by atoms with Crippen LogP contribution in [0.4, 0.5) is 0 Å². The first-order chi connectivity index (χ1) is 9.19. The molecular formula is C13H17N5O. The predicted molar refractivity (Wildman–Crippen MR) is 71.7 cm³/mol. The van der Waals surface area contributed by atoms with E-state index in [1.165, 1.54) is 0 Å². The van der Waals surface area contributed by atoms with Gasteiger partial charge in [0.1, 0.15) is 0 Å². The van der Waals surface area contributed by atoms with E-state index in [0.29, 0.717) is 23.7 Å². The van der Waals surface area contributed by atoms with Gasteiger partial charge in [0.2, 0.25) is 0 Å². The monoisotopic (exact) mass is 259 g/mol. The smallest absolute Gasteiger partial charge is 0.253 e. The van der Waals surface area contributed by atoms with E-state index in [1.54, 1.807) is 6.20 Å². The van der Waals surface area contributed by atoms with Crippen molar-refractivity contribution in [3.05, 3.63) is 23.5 Å². The lowest BCUT2D eigenvalue weighted by Crippen LogP contribution is -2.41. The third-order valence-corrected chi connectivity index (χ3v) is 3.62. The van der Waals surface area contributed by atoms with Crippen LogP contribution in [0.5, 0.6) is 0 Å². The second-order valence-electron chi connectivity index (χ2n) is 5.10. The average molecular weight is 259 g/mol. The van der Waals surface area contributed by atoms with Crippen LogP contribution in [-0.4, -0.2) is 33.7 Å². The maximum Gasteiger partial charge on any atom is 0.253 e. The van der Waals surface area contributed by atoms with Crippen LogP contribution in [0.1, 0.15) is 28.9 Å². The molecule has 2 heterocycles. The molecule has 3 rings (SSSR count). The van der Waals surface area contributed by atoms with Gasteiger partial charge >= 0.3 is 0 Å². The highest BCUT2D eigenvalue weighted by Gasteiger charge is 2.31. The lowest BCUT2D eigenvalue weighted by molar-refractivity contribution is 0.0933. The molecule has 1 fully saturated rings. The fraction of sp³-hybridized carbons (Fsp3) is 0.462. The van der Waals surface area contributed by atoms with E-state index < -0.39 is 0 Å². The zero-order valence-electron chi connectivity index (χ0n) is 10.8. The molecule has 6 nitrogen and oxygen atoms in total. The number of pyridine rings is 1. The van der Waals surface area contributed by atoms with E-state index in [4.69, 9.17) is 5.73 Å². The summed E-state index contributed by atoms with van der Waals surface area (Å²) in [6.07, 6.45) is 3.86. The first kappa shape index (κ1) is 12.1. The summed E-state index contributed by atoms with van der Waals surface area (Å²) in [6, 6.07) is 1.89. The number of nitrogens with two attached hydrogens (primary N) is 1. The molecule has 100 valence electrons. The number of fused-ring (bicyclic) bond motifs is 1. The molecule has 1 aliphatic rings. The molecule has 2 aromatic rings. The van der Waals surface area contributed by atoms with Gasteiger partial charge < -0.3 is 11.1 Å². The number of aryl methyl sites for hydroxylation is 1. The number of nitrogens with zero attached hydrogens (tertiary/aromatic N) is 2. The van der Waals surface area contributed by atoms with Gasteiger partial charge in [-0.2, -0.15) is 5.10 Å². The topological polar surface area (TPSA) is 96.7 Å². The van der Waals surface area contributed by atoms with Gasteiger partial charge in [0.05, 0.1) is 5.56 Å². The fourth-order valence-electron chi connectivity index (χ4n) is 2.26. The Morgan fingerprint density at radius 1 is 1.63 bits per heavy atom. The summed E-state index contributed by atoms with van der Waals surface area (Å²) >= 11 is 0. The minimum atomic E-state index is -0.114. The van der Waals surface area contributed by atoms with Gasteiger partial charge in [-0.25, -0.2) is 4.98 Å². The molecule has 1 aliphatic carbocycles. The molecule has 1 amide bonds. The Kier molecular flexibility index (Phi) is 2.94. The number of H-pyrrole nitrogens is 1. The molecule has 0 aliphatic heterocycles. The zero-order chi connectivity index (χ0) is 13.4. The molecule has 19 heavy (non-hydrogen) atoms. The van der Waals surface area contributed by atoms with E-state index in [1.807, 2.05) is 13.0 Å². The summed E-state index contributed by atoms with van der Waals surface area (Å²) < 4.78 is 0. The normalized spacial score (nSPS) is 16.5. The average Bonchev–Trinajstić information content (AvgIpc) is 3.20. The van der Waals surface area contributed by atoms with E-state index in [9.17, 15) is 4.79 Å². The van der Waals surface area contributed by atoms with E-state index >= 15 is 0 Å². The fourth-order valence-corrected chi connectivity index (χ4v) is 2.26. The van der Waals surface area contributed by atoms with Crippen molar-refractivity contribution in [1.29, 1.82) is 0 Å². The number of aromatic nitrogens is 3. The van der Waals surface area contributed by atoms with Gasteiger partial charge in [0, 0.05) is 29.9 Å². The number of hydrogen-bond acceptors (Lipinski definition) is 4. The van der Waals surface area contributed by atoms with E-state index in [0.717, 1.165) is 23.9 Å². The third-order valence-electron chi connectivity index (χ3n) is 3.62. The predicted octanol–water partition coefficient (Wildman–Crippen LogP) is 0.733. The maximum absolute atomic E-state index is 12.2. The van der Waals surface area contributed by atoms with E-state index in [-0.39, 0.29) is 11.9 Å². The van der Waals surface area contributed by atoms with Gasteiger partial charge in [0.15, 0.2) is 5.65 Å². The number of amides is 1. The highest BCUT2D eigenvalue weighted by Crippen LogP contribution is 2.32. The van der Waals surface area contributed by atoms with Crippen molar-refractivity contribution in [3.8, 4) is 0 Å². The Hall–Kier alpha value is -1.95. The van der Waals surface area contributed by atoms with Gasteiger partial charge in [-0.15, -0.1) is 0 Å². The van der Waals surface area contributed by atoms with Crippen molar-refractivity contribution < 1.29 is 4.79 Å². The quantitative estimate of drug-likeness (QED) is 0.754. The van der Waals surface area contributed by atoms with Crippen molar-refractivity contribution in [2.45, 2.75) is 25.8 Å². The largest absolute Gasteiger partial charge is 0.348 e. The number of carbonyl (C=O) groups is 1. The molecule has 6 heteroatoms. The highest BCUT2D eigenvalue weighted by molar-refractivity contribution is 5.97. The van der Waals surface area contributed by atoms with Crippen LogP contribution in [0.15, 0.2) is 12.3 Å². The van der Waals surface area contributed by atoms with Gasteiger partial charge in [-0.3, -0.25) is 9.89 Å². The summed E-state index contributed by atoms with van der Waals surface area (Å²) in [5, 5.41) is 10.8. The molecule has 0 bridgehead atoms. The molecule has 1 atom stereocenters. The molecule has 2 aromatic heterocycles. The van der Waals surface area contributed by atoms with Crippen LogP contribution in [0.25, 0.3) is 11.0 Å². The summed E-state index contributed by atoms with van der Waals surface area (Å²) in [6.45, 7) is 2.39. The van der Waals surface area contributed by atoms with Crippen molar-refractivity contribution in [2.75, 3.05) is 6.54 Å². The third kappa shape index (κ3) is 2.31. The first-order valence-corrected chi connectivity index (χ1v) is 6.50. The number of aromatic amines is 1. The summed E-state index contributed by atoms with van der Waals surface area (Å²) in [4.78, 5) is 16.4. The summed E-state index contributed by atoms with van der Waals surface area (Å²) in [5.41, 5.74) is 7.79. The standard InChI is InChI=1S/C13H17N5O/c1-7-10-4-9(6-15-12(10)18-17-7)13(19)16-11(5-14)8-2-3-8/h4,6,8,11H,2-3,5,14H2,1H3,(H,16,19)(H,15,17,18). The molecular weight excluding hydrogens is 242 g/mol. The maximum atomic E-state index is 12.2. The van der Waals surface area contributed by atoms with Crippen LogP contribution >= 0.6 is 0 Å². The van der Waals surface area contributed by atoms with Crippen LogP contribution in [-0.2, 0) is 0 Å². The minimum Gasteiger partial charge on any atom is -0.348 e. The van der Waals surface area contributed by atoms with Crippen molar-refractivity contribution in [1.82, 2.24) is 20.5 Å². The zero-order valence-corrected chi connectivity index (χ0v) is 10.8. The van der Waals surface area contributed by atoms with Crippen molar-refractivity contribution in [3.63, 3.8) is 0 Å². The minimum absolute atomic E-state index is 0.0774. The lowest BCUT2D eigenvalue weighted by atomic mass is 10.1. The summed E-state index contributed by atoms with van der Waals surface area (Å²) in [7, 11) is 0. The number of rotatable bonds is 4. The SMILES string of the molecule is Cc1[nH]nc2ncc(C(=O)NC(CN)C3CC3)cc12. The molecule has 0 radical (unpaired) electrons. The molecule has 1 unspecified atom stereocenters. The van der Waals surface area contributed by atoms with Crippen molar-refractivity contribution in [2.24, 2.45) is 11.7 Å². The van der Waals surface area contributed by atoms with Gasteiger partial charge in [0.25, 0.3) is 5.91 Å². The number of hydrogen-bond donors (Lipinski definition) is 3. The second-order valence-corrected chi connectivity index (χ2v) is 5.10. The Bertz CT molecular complexity index is 617.